The Bertz CT molecular complexity index is 1310. The molecular formula is C30H37N3O4S. The molecule has 1 N–H and O–H groups in total. The lowest BCUT2D eigenvalue weighted by molar-refractivity contribution is -0.140. The molecule has 8 heteroatoms. The monoisotopic (exact) mass is 535 g/mol. The summed E-state index contributed by atoms with van der Waals surface area (Å²) in [6.07, 6.45) is 0.387. The van der Waals surface area contributed by atoms with Crippen molar-refractivity contribution in [3.8, 4) is 0 Å². The van der Waals surface area contributed by atoms with Crippen LogP contribution >= 0.6 is 0 Å². The summed E-state index contributed by atoms with van der Waals surface area (Å²) < 4.78 is 28.6. The number of nitrogens with one attached hydrogen (secondary N) is 1. The SMILES string of the molecule is CCC(C(=O)NCC(C)C)N(Cc1ccccc1C)C(=O)CN(c1ccccc1)S(=O)(=O)c1ccccc1. The minimum Gasteiger partial charge on any atom is -0.354 e. The number of carbonyl (C=O) groups excluding carboxylic acids is 2. The molecule has 7 nitrogen and oxygen atoms in total. The molecule has 0 aliphatic rings. The number of hydrogen-bond acceptors (Lipinski definition) is 4. The van der Waals surface area contributed by atoms with Crippen molar-refractivity contribution in [2.24, 2.45) is 5.92 Å². The van der Waals surface area contributed by atoms with Gasteiger partial charge < -0.3 is 10.2 Å². The van der Waals surface area contributed by atoms with E-state index in [0.717, 1.165) is 15.4 Å². The summed E-state index contributed by atoms with van der Waals surface area (Å²) >= 11 is 0. The predicted octanol–water partition coefficient (Wildman–Crippen LogP) is 4.77. The number of rotatable bonds is 12. The van der Waals surface area contributed by atoms with Gasteiger partial charge in [-0.3, -0.25) is 13.9 Å². The largest absolute Gasteiger partial charge is 0.354 e. The van der Waals surface area contributed by atoms with Gasteiger partial charge in [0.15, 0.2) is 0 Å². The summed E-state index contributed by atoms with van der Waals surface area (Å²) in [7, 11) is -4.05. The molecule has 0 aromatic heterocycles. The Labute approximate surface area is 226 Å². The van der Waals surface area contributed by atoms with Gasteiger partial charge in [-0.1, -0.05) is 81.4 Å². The Morgan fingerprint density at radius 1 is 0.868 bits per heavy atom. The van der Waals surface area contributed by atoms with Crippen molar-refractivity contribution in [1.82, 2.24) is 10.2 Å². The van der Waals surface area contributed by atoms with Crippen LogP contribution in [0, 0.1) is 12.8 Å². The van der Waals surface area contributed by atoms with E-state index in [4.69, 9.17) is 0 Å². The first-order valence-electron chi connectivity index (χ1n) is 12.9. The smallest absolute Gasteiger partial charge is 0.264 e. The van der Waals surface area contributed by atoms with Gasteiger partial charge in [-0.15, -0.1) is 0 Å². The van der Waals surface area contributed by atoms with Gasteiger partial charge in [-0.25, -0.2) is 8.42 Å². The molecule has 0 fully saturated rings. The van der Waals surface area contributed by atoms with Gasteiger partial charge in [0.1, 0.15) is 12.6 Å². The number of carbonyl (C=O) groups is 2. The van der Waals surface area contributed by atoms with E-state index >= 15 is 0 Å². The Balaban J connectivity index is 2.02. The van der Waals surface area contributed by atoms with Crippen molar-refractivity contribution >= 4 is 27.5 Å². The van der Waals surface area contributed by atoms with Gasteiger partial charge in [-0.05, 0) is 54.7 Å². The van der Waals surface area contributed by atoms with Gasteiger partial charge >= 0.3 is 0 Å². The molecule has 202 valence electrons. The lowest BCUT2D eigenvalue weighted by Crippen LogP contribution is -2.52. The highest BCUT2D eigenvalue weighted by Gasteiger charge is 2.33. The minimum absolute atomic E-state index is 0.0869. The maximum Gasteiger partial charge on any atom is 0.264 e. The molecule has 0 saturated carbocycles. The fourth-order valence-electron chi connectivity index (χ4n) is 4.16. The zero-order valence-electron chi connectivity index (χ0n) is 22.5. The van der Waals surface area contributed by atoms with Gasteiger partial charge in [0.25, 0.3) is 10.0 Å². The summed E-state index contributed by atoms with van der Waals surface area (Å²) in [5.74, 6) is -0.454. The van der Waals surface area contributed by atoms with E-state index in [-0.39, 0.29) is 23.3 Å². The Hall–Kier alpha value is -3.65. The molecule has 3 rings (SSSR count). The standard InChI is InChI=1S/C30H37N3O4S/c1-5-28(30(35)31-20-23(2)3)32(21-25-15-13-12-14-24(25)4)29(34)22-33(26-16-8-6-9-17-26)38(36,37)27-18-10-7-11-19-27/h6-19,23,28H,5,20-22H2,1-4H3,(H,31,35). The molecule has 0 aliphatic carbocycles. The molecule has 3 aromatic rings. The van der Waals surface area contributed by atoms with Crippen molar-refractivity contribution in [3.63, 3.8) is 0 Å². The maximum absolute atomic E-state index is 14.0. The van der Waals surface area contributed by atoms with E-state index in [9.17, 15) is 18.0 Å². The van der Waals surface area contributed by atoms with Crippen LogP contribution in [0.1, 0.15) is 38.3 Å². The average Bonchev–Trinajstić information content (AvgIpc) is 2.92. The van der Waals surface area contributed by atoms with Crippen LogP contribution in [0.25, 0.3) is 0 Å². The fraction of sp³-hybridized carbons (Fsp3) is 0.333. The van der Waals surface area contributed by atoms with Crippen LogP contribution in [0.15, 0.2) is 89.8 Å². The third-order valence-electron chi connectivity index (χ3n) is 6.33. The number of nitrogens with zero attached hydrogens (tertiary/aromatic N) is 2. The van der Waals surface area contributed by atoms with Crippen LogP contribution in [0.5, 0.6) is 0 Å². The van der Waals surface area contributed by atoms with Gasteiger partial charge in [0.2, 0.25) is 11.8 Å². The molecule has 0 radical (unpaired) electrons. The fourth-order valence-corrected chi connectivity index (χ4v) is 5.59. The number of benzene rings is 3. The summed E-state index contributed by atoms with van der Waals surface area (Å²) in [5.41, 5.74) is 2.26. The predicted molar refractivity (Wildman–Crippen MR) is 151 cm³/mol. The molecule has 2 amide bonds. The lowest BCUT2D eigenvalue weighted by atomic mass is 10.1. The summed E-state index contributed by atoms with van der Waals surface area (Å²) in [6, 6.07) is 23.5. The van der Waals surface area contributed by atoms with Crippen molar-refractivity contribution < 1.29 is 18.0 Å². The first-order valence-corrected chi connectivity index (χ1v) is 14.3. The minimum atomic E-state index is -4.05. The molecule has 0 aliphatic heterocycles. The normalized spacial score (nSPS) is 12.1. The molecular weight excluding hydrogens is 498 g/mol. The number of para-hydroxylation sites is 1. The molecule has 0 saturated heterocycles. The molecule has 0 spiro atoms. The van der Waals surface area contributed by atoms with E-state index in [1.165, 1.54) is 17.0 Å². The van der Waals surface area contributed by atoms with Crippen LogP contribution in [-0.2, 0) is 26.2 Å². The Morgan fingerprint density at radius 3 is 2.03 bits per heavy atom. The van der Waals surface area contributed by atoms with E-state index < -0.39 is 28.5 Å². The van der Waals surface area contributed by atoms with Crippen molar-refractivity contribution in [2.45, 2.75) is 51.6 Å². The van der Waals surface area contributed by atoms with Crippen LogP contribution in [0.3, 0.4) is 0 Å². The van der Waals surface area contributed by atoms with Gasteiger partial charge in [0.05, 0.1) is 10.6 Å². The highest BCUT2D eigenvalue weighted by molar-refractivity contribution is 7.92. The summed E-state index contributed by atoms with van der Waals surface area (Å²) in [6.45, 7) is 8.04. The van der Waals surface area contributed by atoms with E-state index in [1.807, 2.05) is 52.0 Å². The number of aryl methyl sites for hydroxylation is 1. The quantitative estimate of drug-likeness (QED) is 0.362. The number of amides is 2. The van der Waals surface area contributed by atoms with Crippen LogP contribution in [0.2, 0.25) is 0 Å². The number of anilines is 1. The number of sulfonamides is 1. The third-order valence-corrected chi connectivity index (χ3v) is 8.11. The molecule has 1 atom stereocenters. The lowest BCUT2D eigenvalue weighted by Gasteiger charge is -2.33. The van der Waals surface area contributed by atoms with Gasteiger partial charge in [-0.2, -0.15) is 0 Å². The zero-order chi connectivity index (χ0) is 27.7. The van der Waals surface area contributed by atoms with Crippen molar-refractivity contribution in [2.75, 3.05) is 17.4 Å². The third kappa shape index (κ3) is 7.22. The van der Waals surface area contributed by atoms with Crippen molar-refractivity contribution in [1.29, 1.82) is 0 Å². The second-order valence-corrected chi connectivity index (χ2v) is 11.5. The zero-order valence-corrected chi connectivity index (χ0v) is 23.3. The van der Waals surface area contributed by atoms with E-state index in [1.54, 1.807) is 48.5 Å². The molecule has 1 unspecified atom stereocenters. The second-order valence-electron chi connectivity index (χ2n) is 9.67. The first-order chi connectivity index (χ1) is 18.1. The highest BCUT2D eigenvalue weighted by Crippen LogP contribution is 2.24. The maximum atomic E-state index is 14.0. The van der Waals surface area contributed by atoms with E-state index in [0.29, 0.717) is 18.7 Å². The molecule has 0 heterocycles. The Morgan fingerprint density at radius 2 is 1.45 bits per heavy atom. The van der Waals surface area contributed by atoms with Crippen LogP contribution in [-0.4, -0.2) is 44.3 Å². The van der Waals surface area contributed by atoms with Crippen molar-refractivity contribution in [3.05, 3.63) is 96.1 Å². The highest BCUT2D eigenvalue weighted by atomic mass is 32.2. The van der Waals surface area contributed by atoms with E-state index in [2.05, 4.69) is 5.32 Å². The van der Waals surface area contributed by atoms with Crippen LogP contribution < -0.4 is 9.62 Å². The number of hydrogen-bond donors (Lipinski definition) is 1. The summed E-state index contributed by atoms with van der Waals surface area (Å²) in [5, 5.41) is 2.95. The molecule has 0 bridgehead atoms. The van der Waals surface area contributed by atoms with Gasteiger partial charge in [0, 0.05) is 13.1 Å². The average molecular weight is 536 g/mol. The van der Waals surface area contributed by atoms with Crippen LogP contribution in [0.4, 0.5) is 5.69 Å². The topological polar surface area (TPSA) is 86.8 Å². The Kier molecular flexibility index (Phi) is 10.1. The first kappa shape index (κ1) is 28.9. The second kappa shape index (κ2) is 13.2. The summed E-state index contributed by atoms with van der Waals surface area (Å²) in [4.78, 5) is 28.8. The molecule has 38 heavy (non-hydrogen) atoms. The molecule has 3 aromatic carbocycles.